The van der Waals surface area contributed by atoms with Crippen molar-refractivity contribution in [1.82, 2.24) is 0 Å². The Morgan fingerprint density at radius 1 is 1.27 bits per heavy atom. The van der Waals surface area contributed by atoms with Crippen LogP contribution < -0.4 is 5.32 Å². The van der Waals surface area contributed by atoms with E-state index in [1.807, 2.05) is 12.1 Å². The van der Waals surface area contributed by atoms with Crippen LogP contribution in [0.4, 0.5) is 5.69 Å². The smallest absolute Gasteiger partial charge is 0.113 e. The van der Waals surface area contributed by atoms with Crippen molar-refractivity contribution in [3.8, 4) is 0 Å². The summed E-state index contributed by atoms with van der Waals surface area (Å²) in [5.41, 5.74) is 2.28. The summed E-state index contributed by atoms with van der Waals surface area (Å²) in [4.78, 5) is 0. The van der Waals surface area contributed by atoms with E-state index < -0.39 is 0 Å². The number of aliphatic hydroxyl groups is 1. The Bertz CT molecular complexity index is 205. The maximum Gasteiger partial charge on any atom is 0.113 e. The number of benzene rings is 1. The highest BCUT2D eigenvalue weighted by Crippen LogP contribution is 2.08. The molecule has 2 N–H and O–H groups in total. The fourth-order valence-corrected chi connectivity index (χ4v) is 0.950. The minimum absolute atomic E-state index is 0.00846. The lowest BCUT2D eigenvalue weighted by atomic mass is 10.1. The third kappa shape index (κ3) is 2.24. The zero-order valence-electron chi connectivity index (χ0n) is 6.67. The molecule has 0 aliphatic heterocycles. The number of aryl methyl sites for hydroxylation is 1. The number of aliphatic hydroxyl groups excluding tert-OH is 1. The summed E-state index contributed by atoms with van der Waals surface area (Å²) in [6, 6.07) is 8.04. The number of rotatable bonds is 3. The lowest BCUT2D eigenvalue weighted by molar-refractivity contribution is 0.325. The van der Waals surface area contributed by atoms with E-state index >= 15 is 0 Å². The van der Waals surface area contributed by atoms with Crippen LogP contribution in [0.25, 0.3) is 0 Å². The third-order valence-electron chi connectivity index (χ3n) is 1.65. The van der Waals surface area contributed by atoms with Gasteiger partial charge in [0.1, 0.15) is 6.73 Å². The van der Waals surface area contributed by atoms with Crippen LogP contribution in [-0.2, 0) is 6.42 Å². The first-order chi connectivity index (χ1) is 5.36. The molecule has 0 heterocycles. The maximum absolute atomic E-state index is 8.54. The van der Waals surface area contributed by atoms with Crippen LogP contribution in [0.2, 0.25) is 0 Å². The summed E-state index contributed by atoms with van der Waals surface area (Å²) in [6.07, 6.45) is 1.05. The lowest BCUT2D eigenvalue weighted by Crippen LogP contribution is -1.98. The van der Waals surface area contributed by atoms with E-state index in [-0.39, 0.29) is 6.73 Å². The van der Waals surface area contributed by atoms with Gasteiger partial charge < -0.3 is 10.4 Å². The van der Waals surface area contributed by atoms with Crippen LogP contribution in [0.3, 0.4) is 0 Å². The number of nitrogens with one attached hydrogen (secondary N) is 1. The lowest BCUT2D eigenvalue weighted by Gasteiger charge is -2.02. The molecule has 0 radical (unpaired) electrons. The normalized spacial score (nSPS) is 9.64. The second-order valence-corrected chi connectivity index (χ2v) is 2.39. The van der Waals surface area contributed by atoms with Gasteiger partial charge in [-0.25, -0.2) is 0 Å². The number of hydrogen-bond acceptors (Lipinski definition) is 2. The average molecular weight is 151 g/mol. The Hall–Kier alpha value is -1.02. The van der Waals surface area contributed by atoms with E-state index in [2.05, 4.69) is 24.4 Å². The van der Waals surface area contributed by atoms with E-state index in [1.165, 1.54) is 5.56 Å². The van der Waals surface area contributed by atoms with E-state index in [0.717, 1.165) is 12.1 Å². The Morgan fingerprint density at radius 2 is 1.91 bits per heavy atom. The monoisotopic (exact) mass is 151 g/mol. The fourth-order valence-electron chi connectivity index (χ4n) is 0.950. The first-order valence-electron chi connectivity index (χ1n) is 3.80. The number of anilines is 1. The Labute approximate surface area is 66.9 Å². The summed E-state index contributed by atoms with van der Waals surface area (Å²) in [6.45, 7) is 2.11. The van der Waals surface area contributed by atoms with Crippen LogP contribution in [0, 0.1) is 0 Å². The highest BCUT2D eigenvalue weighted by molar-refractivity contribution is 5.44. The Kier molecular flexibility index (Phi) is 2.93. The third-order valence-corrected chi connectivity index (χ3v) is 1.65. The van der Waals surface area contributed by atoms with Gasteiger partial charge in [-0.05, 0) is 24.1 Å². The van der Waals surface area contributed by atoms with Crippen molar-refractivity contribution in [3.63, 3.8) is 0 Å². The molecule has 1 aromatic carbocycles. The molecular weight excluding hydrogens is 138 g/mol. The van der Waals surface area contributed by atoms with Crippen molar-refractivity contribution >= 4 is 5.69 Å². The molecule has 11 heavy (non-hydrogen) atoms. The molecular formula is C9H13NO. The van der Waals surface area contributed by atoms with Crippen LogP contribution in [0.1, 0.15) is 12.5 Å². The topological polar surface area (TPSA) is 32.3 Å². The second kappa shape index (κ2) is 3.98. The molecule has 60 valence electrons. The van der Waals surface area contributed by atoms with Crippen molar-refractivity contribution < 1.29 is 5.11 Å². The minimum atomic E-state index is -0.00846. The molecule has 0 aliphatic rings. The average Bonchev–Trinajstić information content (AvgIpc) is 2.07. The largest absolute Gasteiger partial charge is 0.377 e. The van der Waals surface area contributed by atoms with Gasteiger partial charge in [-0.1, -0.05) is 19.1 Å². The van der Waals surface area contributed by atoms with Crippen molar-refractivity contribution in [3.05, 3.63) is 29.8 Å². The molecule has 2 nitrogen and oxygen atoms in total. The van der Waals surface area contributed by atoms with Gasteiger partial charge >= 0.3 is 0 Å². The molecule has 0 fully saturated rings. The quantitative estimate of drug-likeness (QED) is 0.643. The van der Waals surface area contributed by atoms with Crippen molar-refractivity contribution in [2.75, 3.05) is 12.0 Å². The highest BCUT2D eigenvalue weighted by atomic mass is 16.3. The van der Waals surface area contributed by atoms with Crippen LogP contribution >= 0.6 is 0 Å². The molecule has 0 aromatic heterocycles. The van der Waals surface area contributed by atoms with E-state index in [9.17, 15) is 0 Å². The zero-order valence-corrected chi connectivity index (χ0v) is 6.67. The SMILES string of the molecule is CCc1ccc(NCO)cc1. The summed E-state index contributed by atoms with van der Waals surface area (Å²) >= 11 is 0. The molecule has 1 rings (SSSR count). The molecule has 0 amide bonds. The summed E-state index contributed by atoms with van der Waals surface area (Å²) in [5.74, 6) is 0. The van der Waals surface area contributed by atoms with Gasteiger partial charge in [-0.2, -0.15) is 0 Å². The van der Waals surface area contributed by atoms with Gasteiger partial charge in [0.25, 0.3) is 0 Å². The summed E-state index contributed by atoms with van der Waals surface area (Å²) < 4.78 is 0. The molecule has 1 aromatic rings. The van der Waals surface area contributed by atoms with Gasteiger partial charge in [0.05, 0.1) is 0 Å². The van der Waals surface area contributed by atoms with Crippen molar-refractivity contribution in [2.24, 2.45) is 0 Å². The minimum Gasteiger partial charge on any atom is -0.377 e. The van der Waals surface area contributed by atoms with E-state index in [0.29, 0.717) is 0 Å². The molecule has 0 saturated carbocycles. The predicted molar refractivity (Wildman–Crippen MR) is 46.5 cm³/mol. The molecule has 0 atom stereocenters. The first kappa shape index (κ1) is 8.08. The molecule has 0 bridgehead atoms. The van der Waals surface area contributed by atoms with Gasteiger partial charge in [0.15, 0.2) is 0 Å². The van der Waals surface area contributed by atoms with Crippen LogP contribution in [0.5, 0.6) is 0 Å². The van der Waals surface area contributed by atoms with Gasteiger partial charge in [0, 0.05) is 5.69 Å². The van der Waals surface area contributed by atoms with Gasteiger partial charge in [-0.3, -0.25) is 0 Å². The van der Waals surface area contributed by atoms with Crippen LogP contribution in [0.15, 0.2) is 24.3 Å². The molecule has 0 aliphatic carbocycles. The molecule has 0 spiro atoms. The maximum atomic E-state index is 8.54. The number of hydrogen-bond donors (Lipinski definition) is 2. The predicted octanol–water partition coefficient (Wildman–Crippen LogP) is 1.61. The van der Waals surface area contributed by atoms with Crippen molar-refractivity contribution in [2.45, 2.75) is 13.3 Å². The zero-order chi connectivity index (χ0) is 8.10. The molecule has 0 saturated heterocycles. The summed E-state index contributed by atoms with van der Waals surface area (Å²) in [7, 11) is 0. The summed E-state index contributed by atoms with van der Waals surface area (Å²) in [5, 5.41) is 11.3. The highest BCUT2D eigenvalue weighted by Gasteiger charge is 1.89. The molecule has 2 heteroatoms. The van der Waals surface area contributed by atoms with E-state index in [1.54, 1.807) is 0 Å². The van der Waals surface area contributed by atoms with Crippen LogP contribution in [-0.4, -0.2) is 11.8 Å². The Balaban J connectivity index is 2.66. The Morgan fingerprint density at radius 3 is 2.36 bits per heavy atom. The van der Waals surface area contributed by atoms with Crippen molar-refractivity contribution in [1.29, 1.82) is 0 Å². The second-order valence-electron chi connectivity index (χ2n) is 2.39. The fraction of sp³-hybridized carbons (Fsp3) is 0.333. The first-order valence-corrected chi connectivity index (χ1v) is 3.80. The molecule has 0 unspecified atom stereocenters. The van der Waals surface area contributed by atoms with E-state index in [4.69, 9.17) is 5.11 Å². The van der Waals surface area contributed by atoms with Gasteiger partial charge in [-0.15, -0.1) is 0 Å². The van der Waals surface area contributed by atoms with Gasteiger partial charge in [0.2, 0.25) is 0 Å². The standard InChI is InChI=1S/C9H13NO/c1-2-8-3-5-9(6-4-8)10-7-11/h3-6,10-11H,2,7H2,1H3.